The van der Waals surface area contributed by atoms with Crippen LogP contribution >= 0.6 is 0 Å². The monoisotopic (exact) mass is 395 g/mol. The molecule has 0 saturated carbocycles. The molecule has 0 aliphatic heterocycles. The van der Waals surface area contributed by atoms with E-state index in [0.717, 1.165) is 17.7 Å². The van der Waals surface area contributed by atoms with E-state index in [-0.39, 0.29) is 18.1 Å². The molecule has 5 nitrogen and oxygen atoms in total. The van der Waals surface area contributed by atoms with Crippen LogP contribution in [0.25, 0.3) is 0 Å². The molecule has 0 spiro atoms. The second-order valence-corrected chi connectivity index (χ2v) is 6.38. The van der Waals surface area contributed by atoms with Crippen molar-refractivity contribution in [3.8, 4) is 0 Å². The average Bonchev–Trinajstić information content (AvgIpc) is 2.70. The SMILES string of the molecule is Cc1ccc(C(=O)Nc2ccccc2)cc1NCC(=O)Nc1ccc(F)cc1F. The molecule has 7 heteroatoms. The minimum Gasteiger partial charge on any atom is -0.376 e. The van der Waals surface area contributed by atoms with Crippen molar-refractivity contribution in [2.75, 3.05) is 22.5 Å². The maximum atomic E-state index is 13.6. The highest BCUT2D eigenvalue weighted by Gasteiger charge is 2.11. The number of amides is 2. The standard InChI is InChI=1S/C22H19F2N3O2/c1-14-7-8-15(22(29)26-17-5-3-2-4-6-17)11-20(14)25-13-21(28)27-19-10-9-16(23)12-18(19)24/h2-12,25H,13H2,1H3,(H,26,29)(H,27,28). The van der Waals surface area contributed by atoms with Crippen molar-refractivity contribution in [1.29, 1.82) is 0 Å². The molecule has 3 rings (SSSR count). The Kier molecular flexibility index (Phi) is 6.19. The molecule has 3 N–H and O–H groups in total. The minimum atomic E-state index is -0.853. The van der Waals surface area contributed by atoms with E-state index in [1.807, 2.05) is 25.1 Å². The van der Waals surface area contributed by atoms with Crippen LogP contribution in [0.3, 0.4) is 0 Å². The molecule has 0 bridgehead atoms. The molecule has 0 unspecified atom stereocenters. The number of carbonyl (C=O) groups is 2. The van der Waals surface area contributed by atoms with Gasteiger partial charge in [-0.2, -0.15) is 0 Å². The third kappa shape index (κ3) is 5.38. The van der Waals surface area contributed by atoms with Gasteiger partial charge in [-0.25, -0.2) is 8.78 Å². The van der Waals surface area contributed by atoms with Crippen LogP contribution in [0.4, 0.5) is 25.8 Å². The number of carbonyl (C=O) groups excluding carboxylic acids is 2. The van der Waals surface area contributed by atoms with Crippen molar-refractivity contribution in [3.05, 3.63) is 89.5 Å². The Balaban J connectivity index is 1.63. The summed E-state index contributed by atoms with van der Waals surface area (Å²) in [5, 5.41) is 8.10. The van der Waals surface area contributed by atoms with E-state index in [1.54, 1.807) is 30.3 Å². The Morgan fingerprint density at radius 2 is 1.62 bits per heavy atom. The van der Waals surface area contributed by atoms with Gasteiger partial charge in [0, 0.05) is 23.0 Å². The summed E-state index contributed by atoms with van der Waals surface area (Å²) in [5.74, 6) is -2.36. The van der Waals surface area contributed by atoms with E-state index in [9.17, 15) is 18.4 Å². The van der Waals surface area contributed by atoms with Gasteiger partial charge in [-0.1, -0.05) is 24.3 Å². The molecule has 0 aliphatic carbocycles. The van der Waals surface area contributed by atoms with E-state index < -0.39 is 17.5 Å². The molecular weight excluding hydrogens is 376 g/mol. The number of nitrogens with one attached hydrogen (secondary N) is 3. The van der Waals surface area contributed by atoms with Gasteiger partial charge >= 0.3 is 0 Å². The summed E-state index contributed by atoms with van der Waals surface area (Å²) >= 11 is 0. The van der Waals surface area contributed by atoms with E-state index in [0.29, 0.717) is 23.0 Å². The number of hydrogen-bond acceptors (Lipinski definition) is 3. The van der Waals surface area contributed by atoms with E-state index in [1.165, 1.54) is 0 Å². The molecule has 0 heterocycles. The lowest BCUT2D eigenvalue weighted by Crippen LogP contribution is -2.23. The largest absolute Gasteiger partial charge is 0.376 e. The van der Waals surface area contributed by atoms with Crippen LogP contribution < -0.4 is 16.0 Å². The number of anilines is 3. The molecule has 0 saturated heterocycles. The van der Waals surface area contributed by atoms with Crippen molar-refractivity contribution in [2.24, 2.45) is 0 Å². The molecule has 3 aromatic rings. The smallest absolute Gasteiger partial charge is 0.255 e. The summed E-state index contributed by atoms with van der Waals surface area (Å²) in [4.78, 5) is 24.5. The lowest BCUT2D eigenvalue weighted by Gasteiger charge is -2.12. The molecule has 3 aromatic carbocycles. The zero-order chi connectivity index (χ0) is 20.8. The van der Waals surface area contributed by atoms with Crippen LogP contribution in [0.15, 0.2) is 66.7 Å². The zero-order valence-electron chi connectivity index (χ0n) is 15.6. The molecule has 0 fully saturated rings. The number of para-hydroxylation sites is 1. The summed E-state index contributed by atoms with van der Waals surface area (Å²) in [7, 11) is 0. The van der Waals surface area contributed by atoms with Crippen molar-refractivity contribution >= 4 is 28.9 Å². The summed E-state index contributed by atoms with van der Waals surface area (Å²) in [6.45, 7) is 1.68. The van der Waals surface area contributed by atoms with Crippen LogP contribution in [-0.4, -0.2) is 18.4 Å². The lowest BCUT2D eigenvalue weighted by atomic mass is 10.1. The Morgan fingerprint density at radius 1 is 0.862 bits per heavy atom. The number of rotatable bonds is 6. The van der Waals surface area contributed by atoms with E-state index in [2.05, 4.69) is 16.0 Å². The highest BCUT2D eigenvalue weighted by Crippen LogP contribution is 2.19. The zero-order valence-corrected chi connectivity index (χ0v) is 15.6. The fourth-order valence-corrected chi connectivity index (χ4v) is 2.64. The Bertz CT molecular complexity index is 1040. The van der Waals surface area contributed by atoms with Crippen molar-refractivity contribution in [1.82, 2.24) is 0 Å². The summed E-state index contributed by atoms with van der Waals surface area (Å²) in [5.41, 5.74) is 2.42. The fourth-order valence-electron chi connectivity index (χ4n) is 2.64. The maximum Gasteiger partial charge on any atom is 0.255 e. The number of aryl methyl sites for hydroxylation is 1. The van der Waals surface area contributed by atoms with Gasteiger partial charge in [-0.3, -0.25) is 9.59 Å². The Hall–Kier alpha value is -3.74. The van der Waals surface area contributed by atoms with Crippen LogP contribution in [0.2, 0.25) is 0 Å². The minimum absolute atomic E-state index is 0.106. The molecule has 0 radical (unpaired) electrons. The highest BCUT2D eigenvalue weighted by molar-refractivity contribution is 6.05. The van der Waals surface area contributed by atoms with Gasteiger partial charge in [-0.05, 0) is 48.9 Å². The van der Waals surface area contributed by atoms with Crippen molar-refractivity contribution < 1.29 is 18.4 Å². The molecule has 0 aromatic heterocycles. The number of halogens is 2. The quantitative estimate of drug-likeness (QED) is 0.572. The molecule has 29 heavy (non-hydrogen) atoms. The van der Waals surface area contributed by atoms with Gasteiger partial charge in [0.1, 0.15) is 11.6 Å². The first kappa shape index (κ1) is 20.0. The summed E-state index contributed by atoms with van der Waals surface area (Å²) < 4.78 is 26.6. The normalized spacial score (nSPS) is 10.3. The Morgan fingerprint density at radius 3 is 2.34 bits per heavy atom. The molecule has 0 aliphatic rings. The third-order valence-electron chi connectivity index (χ3n) is 4.18. The first-order chi connectivity index (χ1) is 13.9. The van der Waals surface area contributed by atoms with Crippen LogP contribution in [-0.2, 0) is 4.79 Å². The second kappa shape index (κ2) is 8.97. The molecule has 148 valence electrons. The lowest BCUT2D eigenvalue weighted by molar-refractivity contribution is -0.114. The van der Waals surface area contributed by atoms with Gasteiger partial charge in [0.05, 0.1) is 12.2 Å². The van der Waals surface area contributed by atoms with Crippen molar-refractivity contribution in [2.45, 2.75) is 6.92 Å². The van der Waals surface area contributed by atoms with E-state index >= 15 is 0 Å². The van der Waals surface area contributed by atoms with Gasteiger partial charge in [0.25, 0.3) is 5.91 Å². The molecular formula is C22H19F2N3O2. The average molecular weight is 395 g/mol. The predicted octanol–water partition coefficient (Wildman–Crippen LogP) is 4.58. The highest BCUT2D eigenvalue weighted by atomic mass is 19.1. The third-order valence-corrected chi connectivity index (χ3v) is 4.18. The van der Waals surface area contributed by atoms with E-state index in [4.69, 9.17) is 0 Å². The number of benzene rings is 3. The van der Waals surface area contributed by atoms with Gasteiger partial charge < -0.3 is 16.0 Å². The maximum absolute atomic E-state index is 13.6. The van der Waals surface area contributed by atoms with Gasteiger partial charge in [-0.15, -0.1) is 0 Å². The first-order valence-electron chi connectivity index (χ1n) is 8.88. The van der Waals surface area contributed by atoms with Gasteiger partial charge in [0.2, 0.25) is 5.91 Å². The molecule has 2 amide bonds. The molecule has 0 atom stereocenters. The van der Waals surface area contributed by atoms with Crippen molar-refractivity contribution in [3.63, 3.8) is 0 Å². The predicted molar refractivity (Wildman–Crippen MR) is 109 cm³/mol. The fraction of sp³-hybridized carbons (Fsp3) is 0.0909. The Labute approximate surface area is 166 Å². The van der Waals surface area contributed by atoms with Gasteiger partial charge in [0.15, 0.2) is 0 Å². The summed E-state index contributed by atoms with van der Waals surface area (Å²) in [6, 6.07) is 17.1. The van der Waals surface area contributed by atoms with Crippen LogP contribution in [0, 0.1) is 18.6 Å². The first-order valence-corrected chi connectivity index (χ1v) is 8.88. The van der Waals surface area contributed by atoms with Crippen LogP contribution in [0.1, 0.15) is 15.9 Å². The summed E-state index contributed by atoms with van der Waals surface area (Å²) in [6.07, 6.45) is 0. The topological polar surface area (TPSA) is 70.2 Å². The van der Waals surface area contributed by atoms with Crippen LogP contribution in [0.5, 0.6) is 0 Å². The second-order valence-electron chi connectivity index (χ2n) is 6.38. The number of hydrogen-bond donors (Lipinski definition) is 3.